The fourth-order valence-corrected chi connectivity index (χ4v) is 4.54. The molecule has 2 aliphatic rings. The molecule has 0 bridgehead atoms. The minimum Gasteiger partial charge on any atom is -0.356 e. The Morgan fingerprint density at radius 3 is 2.45 bits per heavy atom. The first kappa shape index (κ1) is 21.8. The lowest BCUT2D eigenvalue weighted by atomic mass is 9.90. The zero-order valence-electron chi connectivity index (χ0n) is 18.1. The molecule has 29 heavy (non-hydrogen) atoms. The van der Waals surface area contributed by atoms with Gasteiger partial charge in [0.1, 0.15) is 0 Å². The molecule has 2 aliphatic heterocycles. The van der Waals surface area contributed by atoms with Crippen LogP contribution in [0.2, 0.25) is 0 Å². The van der Waals surface area contributed by atoms with Crippen LogP contribution < -0.4 is 5.32 Å². The van der Waals surface area contributed by atoms with Crippen LogP contribution in [-0.2, 0) is 16.0 Å². The number of carbonyl (C=O) groups is 2. The van der Waals surface area contributed by atoms with Crippen molar-refractivity contribution in [3.63, 3.8) is 0 Å². The predicted molar refractivity (Wildman–Crippen MR) is 116 cm³/mol. The van der Waals surface area contributed by atoms with Gasteiger partial charge in [-0.2, -0.15) is 0 Å². The zero-order valence-corrected chi connectivity index (χ0v) is 18.1. The van der Waals surface area contributed by atoms with Gasteiger partial charge in [-0.15, -0.1) is 0 Å². The molecular weight excluding hydrogens is 362 g/mol. The molecule has 160 valence electrons. The summed E-state index contributed by atoms with van der Waals surface area (Å²) in [6.45, 7) is 8.77. The van der Waals surface area contributed by atoms with Crippen molar-refractivity contribution < 1.29 is 9.59 Å². The van der Waals surface area contributed by atoms with Crippen molar-refractivity contribution in [2.45, 2.75) is 46.0 Å². The molecule has 0 aliphatic carbocycles. The van der Waals surface area contributed by atoms with Crippen LogP contribution in [-0.4, -0.2) is 60.9 Å². The van der Waals surface area contributed by atoms with Gasteiger partial charge >= 0.3 is 0 Å². The van der Waals surface area contributed by atoms with E-state index in [9.17, 15) is 9.59 Å². The second-order valence-electron chi connectivity index (χ2n) is 9.16. The van der Waals surface area contributed by atoms with Crippen LogP contribution in [0.3, 0.4) is 0 Å². The zero-order chi connectivity index (χ0) is 20.6. The summed E-state index contributed by atoms with van der Waals surface area (Å²) in [6, 6.07) is 10.7. The van der Waals surface area contributed by atoms with Gasteiger partial charge < -0.3 is 10.2 Å². The van der Waals surface area contributed by atoms with E-state index >= 15 is 0 Å². The molecule has 2 amide bonds. The standard InChI is InChI=1S/C24H37N3O2/c1-19(2)24(29)25-16-22-9-6-12-26(17-22)18-23(28)27-13-10-21(11-14-27)15-20-7-4-3-5-8-20/h3-5,7-8,19,21-22H,6,9-18H2,1-2H3,(H,25,29). The third-order valence-corrected chi connectivity index (χ3v) is 6.39. The van der Waals surface area contributed by atoms with Crippen LogP contribution in [0.25, 0.3) is 0 Å². The number of nitrogens with zero attached hydrogens (tertiary/aromatic N) is 2. The molecule has 3 rings (SSSR count). The van der Waals surface area contributed by atoms with Gasteiger partial charge in [-0.05, 0) is 56.0 Å². The maximum absolute atomic E-state index is 12.8. The third-order valence-electron chi connectivity index (χ3n) is 6.39. The van der Waals surface area contributed by atoms with E-state index in [1.807, 2.05) is 13.8 Å². The molecule has 2 fully saturated rings. The van der Waals surface area contributed by atoms with Gasteiger partial charge in [-0.3, -0.25) is 14.5 Å². The summed E-state index contributed by atoms with van der Waals surface area (Å²) >= 11 is 0. The number of benzene rings is 1. The highest BCUT2D eigenvalue weighted by atomic mass is 16.2. The van der Waals surface area contributed by atoms with E-state index < -0.39 is 0 Å². The fourth-order valence-electron chi connectivity index (χ4n) is 4.54. The fraction of sp³-hybridized carbons (Fsp3) is 0.667. The van der Waals surface area contributed by atoms with Gasteiger partial charge in [0.25, 0.3) is 0 Å². The molecule has 5 heteroatoms. The average molecular weight is 400 g/mol. The Kier molecular flexibility index (Phi) is 8.10. The number of amides is 2. The smallest absolute Gasteiger partial charge is 0.236 e. The number of nitrogens with one attached hydrogen (secondary N) is 1. The Morgan fingerprint density at radius 1 is 1.03 bits per heavy atom. The normalized spacial score (nSPS) is 21.3. The quantitative estimate of drug-likeness (QED) is 0.767. The Hall–Kier alpha value is -1.88. The van der Waals surface area contributed by atoms with E-state index in [0.717, 1.165) is 64.8 Å². The molecule has 0 aromatic heterocycles. The van der Waals surface area contributed by atoms with Crippen LogP contribution in [0.5, 0.6) is 0 Å². The lowest BCUT2D eigenvalue weighted by Gasteiger charge is -2.36. The predicted octanol–water partition coefficient (Wildman–Crippen LogP) is 2.95. The SMILES string of the molecule is CC(C)C(=O)NCC1CCCN(CC(=O)N2CCC(Cc3ccccc3)CC2)C1. The first-order valence-electron chi connectivity index (χ1n) is 11.3. The summed E-state index contributed by atoms with van der Waals surface area (Å²) in [6.07, 6.45) is 5.57. The molecule has 1 N–H and O–H groups in total. The summed E-state index contributed by atoms with van der Waals surface area (Å²) in [7, 11) is 0. The number of rotatable bonds is 7. The van der Waals surface area contributed by atoms with Gasteiger partial charge in [0, 0.05) is 32.1 Å². The third kappa shape index (κ3) is 6.84. The molecule has 1 atom stereocenters. The molecule has 1 aromatic rings. The highest BCUT2D eigenvalue weighted by Crippen LogP contribution is 2.22. The van der Waals surface area contributed by atoms with Crippen molar-refractivity contribution in [2.24, 2.45) is 17.8 Å². The lowest BCUT2D eigenvalue weighted by Crippen LogP contribution is -2.48. The van der Waals surface area contributed by atoms with Gasteiger partial charge in [0.05, 0.1) is 6.54 Å². The van der Waals surface area contributed by atoms with Crippen LogP contribution in [0.15, 0.2) is 30.3 Å². The van der Waals surface area contributed by atoms with Crippen molar-refractivity contribution in [2.75, 3.05) is 39.3 Å². The highest BCUT2D eigenvalue weighted by molar-refractivity contribution is 5.78. The summed E-state index contributed by atoms with van der Waals surface area (Å²) < 4.78 is 0. The molecular formula is C24H37N3O2. The number of hydrogen-bond donors (Lipinski definition) is 1. The molecule has 2 heterocycles. The van der Waals surface area contributed by atoms with Gasteiger partial charge in [0.2, 0.25) is 11.8 Å². The first-order valence-corrected chi connectivity index (χ1v) is 11.3. The van der Waals surface area contributed by atoms with Crippen molar-refractivity contribution in [1.82, 2.24) is 15.1 Å². The van der Waals surface area contributed by atoms with Crippen molar-refractivity contribution >= 4 is 11.8 Å². The van der Waals surface area contributed by atoms with E-state index in [4.69, 9.17) is 0 Å². The molecule has 1 aromatic carbocycles. The molecule has 0 spiro atoms. The van der Waals surface area contributed by atoms with Crippen LogP contribution >= 0.6 is 0 Å². The van der Waals surface area contributed by atoms with Crippen LogP contribution in [0.4, 0.5) is 0 Å². The number of carbonyl (C=O) groups excluding carboxylic acids is 2. The number of likely N-dealkylation sites (tertiary alicyclic amines) is 2. The van der Waals surface area contributed by atoms with Crippen molar-refractivity contribution in [3.05, 3.63) is 35.9 Å². The molecule has 2 saturated heterocycles. The number of hydrogen-bond acceptors (Lipinski definition) is 3. The van der Waals surface area contributed by atoms with Crippen molar-refractivity contribution in [1.29, 1.82) is 0 Å². The van der Waals surface area contributed by atoms with E-state index in [0.29, 0.717) is 18.4 Å². The van der Waals surface area contributed by atoms with E-state index in [1.54, 1.807) is 0 Å². The Labute approximate surface area is 175 Å². The highest BCUT2D eigenvalue weighted by Gasteiger charge is 2.27. The number of piperidine rings is 2. The minimum atomic E-state index is 0.0288. The molecule has 1 unspecified atom stereocenters. The largest absolute Gasteiger partial charge is 0.356 e. The van der Waals surface area contributed by atoms with E-state index in [2.05, 4.69) is 45.4 Å². The lowest BCUT2D eigenvalue weighted by molar-refractivity contribution is -0.134. The molecule has 5 nitrogen and oxygen atoms in total. The molecule has 0 radical (unpaired) electrons. The summed E-state index contributed by atoms with van der Waals surface area (Å²) in [4.78, 5) is 29.0. The van der Waals surface area contributed by atoms with Crippen molar-refractivity contribution in [3.8, 4) is 0 Å². The minimum absolute atomic E-state index is 0.0288. The Balaban J connectivity index is 1.38. The maximum Gasteiger partial charge on any atom is 0.236 e. The second kappa shape index (κ2) is 10.8. The van der Waals surface area contributed by atoms with Gasteiger partial charge in [-0.1, -0.05) is 44.2 Å². The Bertz CT molecular complexity index is 653. The first-order chi connectivity index (χ1) is 14.0. The van der Waals surface area contributed by atoms with Crippen LogP contribution in [0.1, 0.15) is 45.1 Å². The summed E-state index contributed by atoms with van der Waals surface area (Å²) in [5.41, 5.74) is 1.40. The topological polar surface area (TPSA) is 52.7 Å². The summed E-state index contributed by atoms with van der Waals surface area (Å²) in [5, 5.41) is 3.05. The Morgan fingerprint density at radius 2 is 1.76 bits per heavy atom. The second-order valence-corrected chi connectivity index (χ2v) is 9.16. The summed E-state index contributed by atoms with van der Waals surface area (Å²) in [5.74, 6) is 1.56. The monoisotopic (exact) mass is 399 g/mol. The van der Waals surface area contributed by atoms with Gasteiger partial charge in [0.15, 0.2) is 0 Å². The maximum atomic E-state index is 12.8. The van der Waals surface area contributed by atoms with E-state index in [1.165, 1.54) is 5.56 Å². The van der Waals surface area contributed by atoms with Crippen LogP contribution in [0, 0.1) is 17.8 Å². The molecule has 0 saturated carbocycles. The van der Waals surface area contributed by atoms with E-state index in [-0.39, 0.29) is 17.7 Å². The average Bonchev–Trinajstić information content (AvgIpc) is 2.73. The van der Waals surface area contributed by atoms with Gasteiger partial charge in [-0.25, -0.2) is 0 Å².